The van der Waals surface area contributed by atoms with E-state index in [1.807, 2.05) is 60.8 Å². The van der Waals surface area contributed by atoms with E-state index in [0.29, 0.717) is 6.61 Å². The minimum Gasteiger partial charge on any atom is -0.489 e. The van der Waals surface area contributed by atoms with E-state index >= 15 is 0 Å². The van der Waals surface area contributed by atoms with Crippen LogP contribution in [0.5, 0.6) is 5.75 Å². The number of primary amides is 1. The number of amides is 1. The summed E-state index contributed by atoms with van der Waals surface area (Å²) < 4.78 is 7.96. The van der Waals surface area contributed by atoms with E-state index < -0.39 is 5.41 Å². The molecule has 0 atom stereocenters. The van der Waals surface area contributed by atoms with Gasteiger partial charge in [0.25, 0.3) is 0 Å². The topological polar surface area (TPSA) is 57.2 Å². The molecule has 132 valence electrons. The van der Waals surface area contributed by atoms with Gasteiger partial charge in [-0.3, -0.25) is 4.79 Å². The largest absolute Gasteiger partial charge is 0.489 e. The molecule has 0 aliphatic heterocycles. The number of nitrogens with two attached hydrogens (primary N) is 1. The fourth-order valence-corrected chi connectivity index (χ4v) is 3.37. The highest BCUT2D eigenvalue weighted by Gasteiger charge is 2.51. The second-order valence-corrected chi connectivity index (χ2v) is 6.89. The lowest BCUT2D eigenvalue weighted by Gasteiger charge is -2.16. The second-order valence-electron chi connectivity index (χ2n) is 6.89. The summed E-state index contributed by atoms with van der Waals surface area (Å²) in [5.41, 5.74) is 8.49. The van der Waals surface area contributed by atoms with Crippen LogP contribution in [0, 0.1) is 0 Å². The van der Waals surface area contributed by atoms with E-state index in [2.05, 4.69) is 16.7 Å². The third-order valence-corrected chi connectivity index (χ3v) is 5.07. The molecule has 0 saturated heterocycles. The van der Waals surface area contributed by atoms with Gasteiger partial charge in [0.15, 0.2) is 0 Å². The lowest BCUT2D eigenvalue weighted by molar-refractivity contribution is -0.120. The highest BCUT2D eigenvalue weighted by molar-refractivity contribution is 5.89. The van der Waals surface area contributed by atoms with Crippen LogP contribution < -0.4 is 10.5 Å². The van der Waals surface area contributed by atoms with E-state index in [1.165, 1.54) is 0 Å². The van der Waals surface area contributed by atoms with Crippen LogP contribution in [0.25, 0.3) is 0 Å². The zero-order chi connectivity index (χ0) is 18.0. The maximum absolute atomic E-state index is 11.8. The van der Waals surface area contributed by atoms with Gasteiger partial charge in [-0.2, -0.15) is 0 Å². The SMILES string of the molecule is NC(=O)C1(c2cccn2Cc2ccc(OCc3ccccc3)cc2)CC1. The molecule has 1 aliphatic carbocycles. The Morgan fingerprint density at radius 3 is 2.35 bits per heavy atom. The van der Waals surface area contributed by atoms with Gasteiger partial charge in [-0.15, -0.1) is 0 Å². The van der Waals surface area contributed by atoms with Crippen molar-refractivity contribution in [2.45, 2.75) is 31.4 Å². The summed E-state index contributed by atoms with van der Waals surface area (Å²) in [6.45, 7) is 1.28. The number of benzene rings is 2. The van der Waals surface area contributed by atoms with Gasteiger partial charge in [-0.25, -0.2) is 0 Å². The van der Waals surface area contributed by atoms with Crippen LogP contribution in [0.15, 0.2) is 72.9 Å². The molecule has 2 aromatic carbocycles. The Balaban J connectivity index is 1.43. The van der Waals surface area contributed by atoms with Crippen LogP contribution in [0.2, 0.25) is 0 Å². The predicted octanol–water partition coefficient (Wildman–Crippen LogP) is 3.63. The zero-order valence-electron chi connectivity index (χ0n) is 14.6. The Labute approximate surface area is 153 Å². The van der Waals surface area contributed by atoms with Gasteiger partial charge < -0.3 is 15.0 Å². The molecule has 26 heavy (non-hydrogen) atoms. The van der Waals surface area contributed by atoms with Crippen LogP contribution >= 0.6 is 0 Å². The number of ether oxygens (including phenoxy) is 1. The second kappa shape index (κ2) is 6.71. The Morgan fingerprint density at radius 1 is 0.962 bits per heavy atom. The van der Waals surface area contributed by atoms with Crippen LogP contribution in [0.4, 0.5) is 0 Å². The van der Waals surface area contributed by atoms with Gasteiger partial charge in [0.1, 0.15) is 12.4 Å². The molecule has 1 heterocycles. The van der Waals surface area contributed by atoms with Gasteiger partial charge in [0.05, 0.1) is 5.41 Å². The third kappa shape index (κ3) is 3.23. The normalized spacial score (nSPS) is 14.8. The molecule has 1 aliphatic rings. The first-order chi connectivity index (χ1) is 12.7. The number of aromatic nitrogens is 1. The van der Waals surface area contributed by atoms with Crippen molar-refractivity contribution in [3.63, 3.8) is 0 Å². The Hall–Kier alpha value is -3.01. The van der Waals surface area contributed by atoms with Crippen molar-refractivity contribution < 1.29 is 9.53 Å². The summed E-state index contributed by atoms with van der Waals surface area (Å²) in [5, 5.41) is 0. The number of hydrogen-bond acceptors (Lipinski definition) is 2. The predicted molar refractivity (Wildman–Crippen MR) is 101 cm³/mol. The van der Waals surface area contributed by atoms with Gasteiger partial charge in [0.2, 0.25) is 5.91 Å². The molecule has 1 aromatic heterocycles. The Morgan fingerprint density at radius 2 is 1.69 bits per heavy atom. The van der Waals surface area contributed by atoms with Crippen molar-refractivity contribution in [2.75, 3.05) is 0 Å². The number of hydrogen-bond donors (Lipinski definition) is 1. The standard InChI is InChI=1S/C22H22N2O2/c23-21(25)22(12-13-22)20-7-4-14-24(20)15-17-8-10-19(11-9-17)26-16-18-5-2-1-3-6-18/h1-11,14H,12-13,15-16H2,(H2,23,25). The van der Waals surface area contributed by atoms with Crippen molar-refractivity contribution in [1.82, 2.24) is 4.57 Å². The van der Waals surface area contributed by atoms with E-state index in [0.717, 1.165) is 42.0 Å². The van der Waals surface area contributed by atoms with Crippen LogP contribution in [-0.2, 0) is 23.4 Å². The highest BCUT2D eigenvalue weighted by Crippen LogP contribution is 2.48. The molecule has 0 unspecified atom stereocenters. The maximum atomic E-state index is 11.8. The quantitative estimate of drug-likeness (QED) is 0.710. The van der Waals surface area contributed by atoms with Crippen molar-refractivity contribution in [3.8, 4) is 5.75 Å². The molecule has 4 rings (SSSR count). The fourth-order valence-electron chi connectivity index (χ4n) is 3.37. The molecule has 0 bridgehead atoms. The molecule has 0 radical (unpaired) electrons. The minimum atomic E-state index is -0.456. The molecule has 3 aromatic rings. The number of nitrogens with zero attached hydrogens (tertiary/aromatic N) is 1. The molecular weight excluding hydrogens is 324 g/mol. The number of carbonyl (C=O) groups is 1. The molecule has 1 saturated carbocycles. The molecule has 4 heteroatoms. The lowest BCUT2D eigenvalue weighted by atomic mass is 10.0. The molecular formula is C22H22N2O2. The summed E-state index contributed by atoms with van der Waals surface area (Å²) in [7, 11) is 0. The molecule has 0 spiro atoms. The Bertz CT molecular complexity index is 893. The smallest absolute Gasteiger partial charge is 0.229 e. The van der Waals surface area contributed by atoms with Gasteiger partial charge in [0, 0.05) is 18.4 Å². The first-order valence-electron chi connectivity index (χ1n) is 8.89. The fraction of sp³-hybridized carbons (Fsp3) is 0.227. The van der Waals surface area contributed by atoms with Crippen LogP contribution in [-0.4, -0.2) is 10.5 Å². The minimum absolute atomic E-state index is 0.220. The first-order valence-corrected chi connectivity index (χ1v) is 8.89. The average molecular weight is 346 g/mol. The highest BCUT2D eigenvalue weighted by atomic mass is 16.5. The molecule has 1 fully saturated rings. The summed E-state index contributed by atoms with van der Waals surface area (Å²) in [4.78, 5) is 11.8. The van der Waals surface area contributed by atoms with Crippen molar-refractivity contribution in [1.29, 1.82) is 0 Å². The third-order valence-electron chi connectivity index (χ3n) is 5.07. The van der Waals surface area contributed by atoms with Crippen molar-refractivity contribution in [3.05, 3.63) is 89.7 Å². The Kier molecular flexibility index (Phi) is 4.25. The van der Waals surface area contributed by atoms with Crippen LogP contribution in [0.3, 0.4) is 0 Å². The van der Waals surface area contributed by atoms with E-state index in [9.17, 15) is 4.79 Å². The monoisotopic (exact) mass is 346 g/mol. The van der Waals surface area contributed by atoms with E-state index in [4.69, 9.17) is 10.5 Å². The summed E-state index contributed by atoms with van der Waals surface area (Å²) in [6, 6.07) is 22.2. The van der Waals surface area contributed by atoms with Crippen LogP contribution in [0.1, 0.15) is 29.7 Å². The zero-order valence-corrected chi connectivity index (χ0v) is 14.6. The summed E-state index contributed by atoms with van der Waals surface area (Å²) in [6.07, 6.45) is 3.70. The van der Waals surface area contributed by atoms with Gasteiger partial charge >= 0.3 is 0 Å². The first kappa shape index (κ1) is 16.5. The molecule has 2 N–H and O–H groups in total. The summed E-state index contributed by atoms with van der Waals surface area (Å²) in [5.74, 6) is 0.628. The maximum Gasteiger partial charge on any atom is 0.229 e. The van der Waals surface area contributed by atoms with Gasteiger partial charge in [-0.05, 0) is 48.2 Å². The number of carbonyl (C=O) groups excluding carboxylic acids is 1. The summed E-state index contributed by atoms with van der Waals surface area (Å²) >= 11 is 0. The lowest BCUT2D eigenvalue weighted by Crippen LogP contribution is -2.30. The average Bonchev–Trinajstić information content (AvgIpc) is 3.36. The van der Waals surface area contributed by atoms with Crippen molar-refractivity contribution in [2.24, 2.45) is 5.73 Å². The molecule has 1 amide bonds. The van der Waals surface area contributed by atoms with Gasteiger partial charge in [-0.1, -0.05) is 42.5 Å². The van der Waals surface area contributed by atoms with E-state index in [-0.39, 0.29) is 5.91 Å². The number of rotatable bonds is 7. The van der Waals surface area contributed by atoms with Crippen molar-refractivity contribution >= 4 is 5.91 Å². The van der Waals surface area contributed by atoms with E-state index in [1.54, 1.807) is 0 Å². The molecule has 4 nitrogen and oxygen atoms in total.